The number of hydrogen-bond acceptors (Lipinski definition) is 3. The van der Waals surface area contributed by atoms with Crippen LogP contribution in [0.25, 0.3) is 0 Å². The zero-order chi connectivity index (χ0) is 10.7. The molecule has 1 aromatic rings. The van der Waals surface area contributed by atoms with Gasteiger partial charge < -0.3 is 4.74 Å². The Hall–Kier alpha value is -0.350. The van der Waals surface area contributed by atoms with Gasteiger partial charge in [-0.05, 0) is 34.0 Å². The molecule has 1 unspecified atom stereocenters. The van der Waals surface area contributed by atoms with Gasteiger partial charge in [-0.2, -0.15) is 0 Å². The van der Waals surface area contributed by atoms with Crippen molar-refractivity contribution in [1.29, 1.82) is 0 Å². The first-order valence-electron chi connectivity index (χ1n) is 4.39. The van der Waals surface area contributed by atoms with Crippen molar-refractivity contribution >= 4 is 33.2 Å². The van der Waals surface area contributed by atoms with Crippen LogP contribution in [0.1, 0.15) is 24.6 Å². The zero-order valence-corrected chi connectivity index (χ0v) is 10.8. The summed E-state index contributed by atoms with van der Waals surface area (Å²) < 4.78 is 5.83. The molecule has 0 fully saturated rings. The zero-order valence-electron chi connectivity index (χ0n) is 8.41. The van der Waals surface area contributed by atoms with E-state index < -0.39 is 0 Å². The van der Waals surface area contributed by atoms with E-state index in [4.69, 9.17) is 4.74 Å². The molecule has 0 saturated carbocycles. The van der Waals surface area contributed by atoms with Gasteiger partial charge in [0.2, 0.25) is 0 Å². The number of rotatable bonds is 3. The highest BCUT2D eigenvalue weighted by atomic mass is 79.9. The Bertz CT molecular complexity index is 320. The van der Waals surface area contributed by atoms with Gasteiger partial charge >= 0.3 is 5.97 Å². The van der Waals surface area contributed by atoms with Crippen molar-refractivity contribution < 1.29 is 9.53 Å². The van der Waals surface area contributed by atoms with Crippen LogP contribution in [0.5, 0.6) is 0 Å². The van der Waals surface area contributed by atoms with Crippen LogP contribution in [-0.2, 0) is 9.53 Å². The monoisotopic (exact) mass is 276 g/mol. The maximum absolute atomic E-state index is 11.5. The predicted molar refractivity (Wildman–Crippen MR) is 61.6 cm³/mol. The van der Waals surface area contributed by atoms with Crippen molar-refractivity contribution in [1.82, 2.24) is 0 Å². The molecule has 0 radical (unpaired) electrons. The van der Waals surface area contributed by atoms with Gasteiger partial charge in [-0.25, -0.2) is 0 Å². The lowest BCUT2D eigenvalue weighted by Crippen LogP contribution is -2.18. The number of halogens is 1. The van der Waals surface area contributed by atoms with E-state index in [0.717, 1.165) is 8.66 Å². The quantitative estimate of drug-likeness (QED) is 0.791. The molecule has 1 heterocycles. The van der Waals surface area contributed by atoms with E-state index in [1.54, 1.807) is 11.3 Å². The Kier molecular flexibility index (Phi) is 4.13. The molecule has 1 rings (SSSR count). The Balaban J connectivity index is 2.94. The van der Waals surface area contributed by atoms with Crippen LogP contribution < -0.4 is 0 Å². The Morgan fingerprint density at radius 3 is 2.50 bits per heavy atom. The average molecular weight is 277 g/mol. The Morgan fingerprint density at radius 2 is 2.14 bits per heavy atom. The van der Waals surface area contributed by atoms with Crippen LogP contribution in [0.15, 0.2) is 15.9 Å². The van der Waals surface area contributed by atoms with Gasteiger partial charge in [-0.3, -0.25) is 4.79 Å². The van der Waals surface area contributed by atoms with Crippen molar-refractivity contribution in [2.24, 2.45) is 5.92 Å². The van der Waals surface area contributed by atoms with E-state index in [0.29, 0.717) is 0 Å². The van der Waals surface area contributed by atoms with Crippen molar-refractivity contribution in [2.75, 3.05) is 7.11 Å². The minimum absolute atomic E-state index is 0.142. The number of hydrogen-bond donors (Lipinski definition) is 0. The number of thiophene rings is 1. The molecule has 1 aromatic heterocycles. The third-order valence-electron chi connectivity index (χ3n) is 2.02. The van der Waals surface area contributed by atoms with Crippen LogP contribution in [-0.4, -0.2) is 13.1 Å². The molecule has 78 valence electrons. The fourth-order valence-corrected chi connectivity index (χ4v) is 3.02. The van der Waals surface area contributed by atoms with Crippen LogP contribution >= 0.6 is 27.3 Å². The molecule has 0 spiro atoms. The van der Waals surface area contributed by atoms with E-state index in [1.807, 2.05) is 26.0 Å². The van der Waals surface area contributed by atoms with Crippen LogP contribution in [0.3, 0.4) is 0 Å². The SMILES string of the molecule is COC(=O)C(c1ccc(Br)s1)C(C)C. The Labute approximate surface area is 96.4 Å². The van der Waals surface area contributed by atoms with Gasteiger partial charge in [0.15, 0.2) is 0 Å². The molecule has 0 aliphatic carbocycles. The minimum atomic E-state index is -0.158. The summed E-state index contributed by atoms with van der Waals surface area (Å²) in [6.07, 6.45) is 0. The number of carbonyl (C=O) groups is 1. The van der Waals surface area contributed by atoms with Gasteiger partial charge in [-0.15, -0.1) is 11.3 Å². The second-order valence-corrected chi connectivity index (χ2v) is 5.88. The van der Waals surface area contributed by atoms with Crippen molar-refractivity contribution in [3.05, 3.63) is 20.8 Å². The number of methoxy groups -OCH3 is 1. The first-order valence-corrected chi connectivity index (χ1v) is 6.00. The summed E-state index contributed by atoms with van der Waals surface area (Å²) in [6.45, 7) is 4.05. The summed E-state index contributed by atoms with van der Waals surface area (Å²) in [5.74, 6) is -0.0429. The van der Waals surface area contributed by atoms with Gasteiger partial charge in [-0.1, -0.05) is 13.8 Å². The van der Waals surface area contributed by atoms with E-state index in [9.17, 15) is 4.79 Å². The van der Waals surface area contributed by atoms with Crippen molar-refractivity contribution in [3.63, 3.8) is 0 Å². The maximum Gasteiger partial charge on any atom is 0.314 e. The third kappa shape index (κ3) is 2.58. The predicted octanol–water partition coefficient (Wildman–Crippen LogP) is 3.42. The molecule has 0 N–H and O–H groups in total. The first-order chi connectivity index (χ1) is 6.56. The van der Waals surface area contributed by atoms with Crippen molar-refractivity contribution in [3.8, 4) is 0 Å². The van der Waals surface area contributed by atoms with E-state index in [2.05, 4.69) is 15.9 Å². The van der Waals surface area contributed by atoms with Crippen LogP contribution in [0, 0.1) is 5.92 Å². The standard InChI is InChI=1S/C10H13BrO2S/c1-6(2)9(10(12)13-3)7-4-5-8(11)14-7/h4-6,9H,1-3H3. The number of esters is 1. The summed E-state index contributed by atoms with van der Waals surface area (Å²) in [5, 5.41) is 0. The molecule has 0 aliphatic rings. The van der Waals surface area contributed by atoms with Crippen LogP contribution in [0.2, 0.25) is 0 Å². The summed E-state index contributed by atoms with van der Waals surface area (Å²) in [4.78, 5) is 12.6. The van der Waals surface area contributed by atoms with E-state index >= 15 is 0 Å². The molecule has 1 atom stereocenters. The van der Waals surface area contributed by atoms with E-state index in [-0.39, 0.29) is 17.8 Å². The lowest BCUT2D eigenvalue weighted by molar-refractivity contribution is -0.143. The minimum Gasteiger partial charge on any atom is -0.469 e. The van der Waals surface area contributed by atoms with E-state index in [1.165, 1.54) is 7.11 Å². The highest BCUT2D eigenvalue weighted by molar-refractivity contribution is 9.11. The van der Waals surface area contributed by atoms with Gasteiger partial charge in [0.25, 0.3) is 0 Å². The third-order valence-corrected chi connectivity index (χ3v) is 3.73. The van der Waals surface area contributed by atoms with Crippen LogP contribution in [0.4, 0.5) is 0 Å². The second kappa shape index (κ2) is 4.94. The molecule has 0 aromatic carbocycles. The molecule has 14 heavy (non-hydrogen) atoms. The maximum atomic E-state index is 11.5. The van der Waals surface area contributed by atoms with Crippen molar-refractivity contribution in [2.45, 2.75) is 19.8 Å². The largest absolute Gasteiger partial charge is 0.469 e. The molecular weight excluding hydrogens is 264 g/mol. The summed E-state index contributed by atoms with van der Waals surface area (Å²) >= 11 is 4.97. The highest BCUT2D eigenvalue weighted by Crippen LogP contribution is 2.33. The highest BCUT2D eigenvalue weighted by Gasteiger charge is 2.26. The molecular formula is C10H13BrO2S. The lowest BCUT2D eigenvalue weighted by atomic mass is 9.94. The summed E-state index contributed by atoms with van der Waals surface area (Å²) in [7, 11) is 1.43. The summed E-state index contributed by atoms with van der Waals surface area (Å²) in [5.41, 5.74) is 0. The fraction of sp³-hybridized carbons (Fsp3) is 0.500. The van der Waals surface area contributed by atoms with Gasteiger partial charge in [0.05, 0.1) is 16.8 Å². The molecule has 0 saturated heterocycles. The normalized spacial score (nSPS) is 12.9. The van der Waals surface area contributed by atoms with Gasteiger partial charge in [0.1, 0.15) is 0 Å². The number of carbonyl (C=O) groups excluding carboxylic acids is 1. The number of ether oxygens (including phenoxy) is 1. The molecule has 0 amide bonds. The Morgan fingerprint density at radius 1 is 1.50 bits per heavy atom. The first kappa shape index (κ1) is 11.7. The fourth-order valence-electron chi connectivity index (χ4n) is 1.34. The molecule has 4 heteroatoms. The molecule has 0 aliphatic heterocycles. The second-order valence-electron chi connectivity index (χ2n) is 3.39. The smallest absolute Gasteiger partial charge is 0.314 e. The van der Waals surface area contributed by atoms with Gasteiger partial charge in [0, 0.05) is 4.88 Å². The lowest BCUT2D eigenvalue weighted by Gasteiger charge is -2.16. The average Bonchev–Trinajstić information content (AvgIpc) is 2.51. The molecule has 2 nitrogen and oxygen atoms in total. The summed E-state index contributed by atoms with van der Waals surface area (Å²) in [6, 6.07) is 3.93. The topological polar surface area (TPSA) is 26.3 Å². The molecule has 0 bridgehead atoms.